The van der Waals surface area contributed by atoms with Gasteiger partial charge in [0.1, 0.15) is 6.10 Å². The van der Waals surface area contributed by atoms with E-state index in [0.717, 1.165) is 31.1 Å². The van der Waals surface area contributed by atoms with Gasteiger partial charge in [0.25, 0.3) is 0 Å². The predicted molar refractivity (Wildman–Crippen MR) is 83.5 cm³/mol. The summed E-state index contributed by atoms with van der Waals surface area (Å²) >= 11 is 0. The molecule has 0 radical (unpaired) electrons. The van der Waals surface area contributed by atoms with Crippen molar-refractivity contribution in [1.29, 1.82) is 0 Å². The maximum atomic E-state index is 10.3. The molecule has 0 amide bonds. The number of hydrogen-bond acceptors (Lipinski definition) is 4. The van der Waals surface area contributed by atoms with Gasteiger partial charge >= 0.3 is 0 Å². The van der Waals surface area contributed by atoms with Crippen LogP contribution in [0.5, 0.6) is 0 Å². The van der Waals surface area contributed by atoms with Crippen molar-refractivity contribution in [2.24, 2.45) is 17.3 Å². The molecule has 2 aliphatic heterocycles. The highest BCUT2D eigenvalue weighted by atomic mass is 16.7. The fraction of sp³-hybridized carbons (Fsp3) is 0.778. The third kappa shape index (κ3) is 2.04. The van der Waals surface area contributed by atoms with Crippen LogP contribution in [0.2, 0.25) is 0 Å². The van der Waals surface area contributed by atoms with Crippen molar-refractivity contribution in [3.8, 4) is 0 Å². The quantitative estimate of drug-likeness (QED) is 0.851. The van der Waals surface area contributed by atoms with Crippen molar-refractivity contribution in [3.05, 3.63) is 23.6 Å². The lowest BCUT2D eigenvalue weighted by atomic mass is 9.60. The Kier molecular flexibility index (Phi) is 3.50. The van der Waals surface area contributed by atoms with E-state index in [1.807, 2.05) is 5.06 Å². The summed E-state index contributed by atoms with van der Waals surface area (Å²) in [4.78, 5) is 5.49. The molecular formula is C18H27NO3. The van der Waals surface area contributed by atoms with E-state index < -0.39 is 0 Å². The lowest BCUT2D eigenvalue weighted by molar-refractivity contribution is -0.0967. The molecule has 1 N–H and O–H groups in total. The Hall–Kier alpha value is -1.00. The summed E-state index contributed by atoms with van der Waals surface area (Å²) in [5.74, 6) is 2.21. The Morgan fingerprint density at radius 3 is 3.09 bits per heavy atom. The van der Waals surface area contributed by atoms with Gasteiger partial charge in [-0.2, -0.15) is 0 Å². The second-order valence-electron chi connectivity index (χ2n) is 7.43. The van der Waals surface area contributed by atoms with Crippen LogP contribution < -0.4 is 0 Å². The van der Waals surface area contributed by atoms with Gasteiger partial charge in [0.15, 0.2) is 0 Å². The topological polar surface area (TPSA) is 41.9 Å². The van der Waals surface area contributed by atoms with Gasteiger partial charge in [-0.25, -0.2) is 0 Å². The van der Waals surface area contributed by atoms with Crippen molar-refractivity contribution < 1.29 is 14.7 Å². The van der Waals surface area contributed by atoms with Crippen molar-refractivity contribution in [1.82, 2.24) is 5.06 Å². The molecule has 1 saturated carbocycles. The zero-order chi connectivity index (χ0) is 15.3. The van der Waals surface area contributed by atoms with E-state index in [9.17, 15) is 5.11 Å². The van der Waals surface area contributed by atoms with Gasteiger partial charge in [0.05, 0.1) is 30.9 Å². The van der Waals surface area contributed by atoms with E-state index in [1.54, 1.807) is 7.11 Å². The minimum atomic E-state index is -0.278. The van der Waals surface area contributed by atoms with Crippen LogP contribution in [-0.2, 0) is 9.57 Å². The van der Waals surface area contributed by atoms with Crippen LogP contribution in [0, 0.1) is 17.3 Å². The Labute approximate surface area is 132 Å². The number of aliphatic hydroxyl groups excluding tert-OH is 1. The predicted octanol–water partition coefficient (Wildman–Crippen LogP) is 3.00. The van der Waals surface area contributed by atoms with E-state index >= 15 is 0 Å². The Morgan fingerprint density at radius 2 is 2.32 bits per heavy atom. The SMILES string of the molecule is CCC1CC[C@H]2OC3=C4[C@@H](C[C@@H](O)C3)CN(OC)C=CC42C1. The highest BCUT2D eigenvalue weighted by molar-refractivity contribution is 5.38. The molecule has 0 saturated heterocycles. The van der Waals surface area contributed by atoms with Gasteiger partial charge in [-0.1, -0.05) is 19.4 Å². The van der Waals surface area contributed by atoms with Crippen molar-refractivity contribution in [2.75, 3.05) is 13.7 Å². The summed E-state index contributed by atoms with van der Waals surface area (Å²) in [6.45, 7) is 3.12. The number of hydroxylamine groups is 2. The second kappa shape index (κ2) is 5.27. The molecule has 0 aromatic rings. The minimum absolute atomic E-state index is 0.0480. The van der Waals surface area contributed by atoms with Crippen LogP contribution in [-0.4, -0.2) is 36.0 Å². The third-order valence-corrected chi connectivity index (χ3v) is 6.26. The van der Waals surface area contributed by atoms with Gasteiger partial charge in [-0.15, -0.1) is 0 Å². The first kappa shape index (κ1) is 14.6. The molecule has 1 spiro atoms. The monoisotopic (exact) mass is 305 g/mol. The van der Waals surface area contributed by atoms with E-state index in [1.165, 1.54) is 24.8 Å². The summed E-state index contributed by atoms with van der Waals surface area (Å²) in [6.07, 6.45) is 10.8. The summed E-state index contributed by atoms with van der Waals surface area (Å²) < 4.78 is 6.37. The highest BCUT2D eigenvalue weighted by Gasteiger charge is 2.56. The Morgan fingerprint density at radius 1 is 1.45 bits per heavy atom. The molecule has 5 atom stereocenters. The van der Waals surface area contributed by atoms with E-state index in [0.29, 0.717) is 12.3 Å². The fourth-order valence-electron chi connectivity index (χ4n) is 5.22. The maximum Gasteiger partial charge on any atom is 0.111 e. The Bertz CT molecular complexity index is 514. The molecular weight excluding hydrogens is 278 g/mol. The van der Waals surface area contributed by atoms with Crippen molar-refractivity contribution in [2.45, 2.75) is 57.7 Å². The van der Waals surface area contributed by atoms with Crippen LogP contribution in [0.1, 0.15) is 45.4 Å². The second-order valence-corrected chi connectivity index (χ2v) is 7.43. The summed E-state index contributed by atoms with van der Waals surface area (Å²) in [7, 11) is 1.72. The van der Waals surface area contributed by atoms with Crippen LogP contribution in [0.4, 0.5) is 0 Å². The van der Waals surface area contributed by atoms with Gasteiger partial charge in [0.2, 0.25) is 0 Å². The maximum absolute atomic E-state index is 10.3. The first-order chi connectivity index (χ1) is 10.7. The molecule has 2 heterocycles. The average Bonchev–Trinajstić information content (AvgIpc) is 2.74. The first-order valence-electron chi connectivity index (χ1n) is 8.74. The lowest BCUT2D eigenvalue weighted by Gasteiger charge is -2.42. The zero-order valence-corrected chi connectivity index (χ0v) is 13.6. The van der Waals surface area contributed by atoms with E-state index in [-0.39, 0.29) is 17.6 Å². The number of nitrogens with zero attached hydrogens (tertiary/aromatic N) is 1. The number of hydrogen-bond donors (Lipinski definition) is 1. The van der Waals surface area contributed by atoms with Gasteiger partial charge in [-0.05, 0) is 37.2 Å². The lowest BCUT2D eigenvalue weighted by Crippen LogP contribution is -2.40. The molecule has 122 valence electrons. The molecule has 4 nitrogen and oxygen atoms in total. The van der Waals surface area contributed by atoms with Gasteiger partial charge in [0, 0.05) is 18.5 Å². The molecule has 2 unspecified atom stereocenters. The first-order valence-corrected chi connectivity index (χ1v) is 8.74. The molecule has 0 aromatic heterocycles. The molecule has 4 rings (SSSR count). The normalized spacial score (nSPS) is 43.5. The van der Waals surface area contributed by atoms with E-state index in [2.05, 4.69) is 19.2 Å². The minimum Gasteiger partial charge on any atom is -0.493 e. The molecule has 4 heteroatoms. The van der Waals surface area contributed by atoms with Crippen molar-refractivity contribution in [3.63, 3.8) is 0 Å². The van der Waals surface area contributed by atoms with Crippen LogP contribution in [0.3, 0.4) is 0 Å². The number of ether oxygens (including phenoxy) is 1. The standard InChI is InChI=1S/C18H27NO3/c1-3-12-4-5-16-18(10-12)6-7-19(21-2)11-13-8-14(20)9-15(22-16)17(13)18/h6-7,12-14,16,20H,3-5,8-11H2,1-2H3/t12?,13-,14+,16+,18?/m0/s1. The van der Waals surface area contributed by atoms with Crippen LogP contribution in [0.15, 0.2) is 23.6 Å². The smallest absolute Gasteiger partial charge is 0.111 e. The van der Waals surface area contributed by atoms with E-state index in [4.69, 9.17) is 9.57 Å². The van der Waals surface area contributed by atoms with Gasteiger partial charge in [-0.3, -0.25) is 9.90 Å². The Balaban J connectivity index is 1.79. The zero-order valence-electron chi connectivity index (χ0n) is 13.6. The van der Waals surface area contributed by atoms with Crippen LogP contribution in [0.25, 0.3) is 0 Å². The molecule has 4 aliphatic rings. The summed E-state index contributed by atoms with van der Waals surface area (Å²) in [5, 5.41) is 12.2. The van der Waals surface area contributed by atoms with Crippen molar-refractivity contribution >= 4 is 0 Å². The fourth-order valence-corrected chi connectivity index (χ4v) is 5.22. The number of aliphatic hydroxyl groups is 1. The molecule has 2 aliphatic carbocycles. The number of rotatable bonds is 2. The van der Waals surface area contributed by atoms with Crippen LogP contribution >= 0.6 is 0 Å². The molecule has 22 heavy (non-hydrogen) atoms. The molecule has 1 fully saturated rings. The summed E-state index contributed by atoms with van der Waals surface area (Å²) in [6, 6.07) is 0. The summed E-state index contributed by atoms with van der Waals surface area (Å²) in [5.41, 5.74) is 1.53. The van der Waals surface area contributed by atoms with Gasteiger partial charge < -0.3 is 9.84 Å². The largest absolute Gasteiger partial charge is 0.493 e. The highest BCUT2D eigenvalue weighted by Crippen LogP contribution is 2.59. The molecule has 0 bridgehead atoms. The third-order valence-electron chi connectivity index (χ3n) is 6.26. The molecule has 0 aromatic carbocycles. The average molecular weight is 305 g/mol.